The Balaban J connectivity index is 2.67. The van der Waals surface area contributed by atoms with Gasteiger partial charge in [0.2, 0.25) is 5.91 Å². The largest absolute Gasteiger partial charge is 0.478 e. The first kappa shape index (κ1) is 15.7. The normalized spacial score (nSPS) is 11.9. The highest BCUT2D eigenvalue weighted by atomic mass is 79.9. The lowest BCUT2D eigenvalue weighted by Crippen LogP contribution is -2.27. The van der Waals surface area contributed by atoms with Crippen LogP contribution in [-0.4, -0.2) is 23.0 Å². The highest BCUT2D eigenvalue weighted by Crippen LogP contribution is 2.24. The van der Waals surface area contributed by atoms with Crippen LogP contribution in [-0.2, 0) is 4.79 Å². The van der Waals surface area contributed by atoms with Crippen LogP contribution in [0, 0.1) is 0 Å². The van der Waals surface area contributed by atoms with Gasteiger partial charge in [-0.3, -0.25) is 4.79 Å². The van der Waals surface area contributed by atoms with Gasteiger partial charge in [-0.1, -0.05) is 13.3 Å². The maximum absolute atomic E-state index is 11.7. The number of hydrogen-bond acceptors (Lipinski definition) is 3. The molecule has 4 N–H and O–H groups in total. The Morgan fingerprint density at radius 3 is 2.68 bits per heavy atom. The summed E-state index contributed by atoms with van der Waals surface area (Å²) in [5.74, 6) is -1.19. The number of anilines is 1. The summed E-state index contributed by atoms with van der Waals surface area (Å²) in [7, 11) is 0. The predicted molar refractivity (Wildman–Crippen MR) is 77.2 cm³/mol. The molecule has 19 heavy (non-hydrogen) atoms. The van der Waals surface area contributed by atoms with Gasteiger partial charge in [-0.2, -0.15) is 0 Å². The molecule has 1 unspecified atom stereocenters. The van der Waals surface area contributed by atoms with E-state index in [0.29, 0.717) is 10.2 Å². The molecule has 1 rings (SSSR count). The number of benzene rings is 1. The standard InChI is InChI=1S/C13H17BrN2O3/c1-2-3-9(15)7-12(17)16-11-5-4-8(13(18)19)6-10(11)14/h4-6,9H,2-3,7,15H2,1H3,(H,16,17)(H,18,19). The molecule has 0 saturated heterocycles. The number of carboxylic acids is 1. The summed E-state index contributed by atoms with van der Waals surface area (Å²) >= 11 is 3.23. The van der Waals surface area contributed by atoms with Crippen molar-refractivity contribution in [3.05, 3.63) is 28.2 Å². The number of halogens is 1. The summed E-state index contributed by atoms with van der Waals surface area (Å²) in [5.41, 5.74) is 6.49. The van der Waals surface area contributed by atoms with Crippen molar-refractivity contribution in [3.8, 4) is 0 Å². The molecule has 0 aliphatic heterocycles. The fraction of sp³-hybridized carbons (Fsp3) is 0.385. The number of hydrogen-bond donors (Lipinski definition) is 3. The molecule has 0 heterocycles. The third-order valence-electron chi connectivity index (χ3n) is 2.60. The van der Waals surface area contributed by atoms with Crippen LogP contribution >= 0.6 is 15.9 Å². The zero-order valence-electron chi connectivity index (χ0n) is 10.6. The van der Waals surface area contributed by atoms with Gasteiger partial charge in [-0.15, -0.1) is 0 Å². The molecule has 0 fully saturated rings. The van der Waals surface area contributed by atoms with E-state index in [2.05, 4.69) is 21.2 Å². The molecule has 6 heteroatoms. The molecule has 1 amide bonds. The molecule has 1 aromatic carbocycles. The van der Waals surface area contributed by atoms with E-state index >= 15 is 0 Å². The van der Waals surface area contributed by atoms with Crippen LogP contribution in [0.3, 0.4) is 0 Å². The minimum Gasteiger partial charge on any atom is -0.478 e. The second-order valence-electron chi connectivity index (χ2n) is 4.30. The molecule has 0 saturated carbocycles. The van der Waals surface area contributed by atoms with Crippen molar-refractivity contribution < 1.29 is 14.7 Å². The fourth-order valence-corrected chi connectivity index (χ4v) is 2.14. The first-order chi connectivity index (χ1) is 8.93. The SMILES string of the molecule is CCCC(N)CC(=O)Nc1ccc(C(=O)O)cc1Br. The minimum atomic E-state index is -1.01. The predicted octanol–water partition coefficient (Wildman–Crippen LogP) is 2.60. The van der Waals surface area contributed by atoms with E-state index < -0.39 is 5.97 Å². The lowest BCUT2D eigenvalue weighted by Gasteiger charge is -2.11. The van der Waals surface area contributed by atoms with Gasteiger partial charge < -0.3 is 16.2 Å². The van der Waals surface area contributed by atoms with Crippen LogP contribution < -0.4 is 11.1 Å². The Morgan fingerprint density at radius 2 is 2.16 bits per heavy atom. The average Bonchev–Trinajstić information content (AvgIpc) is 2.31. The summed E-state index contributed by atoms with van der Waals surface area (Å²) in [5, 5.41) is 11.5. The van der Waals surface area contributed by atoms with Crippen LogP contribution in [0.25, 0.3) is 0 Å². The van der Waals surface area contributed by atoms with Crippen molar-refractivity contribution in [2.45, 2.75) is 32.2 Å². The highest BCUT2D eigenvalue weighted by molar-refractivity contribution is 9.10. The molecular weight excluding hydrogens is 312 g/mol. The van der Waals surface area contributed by atoms with Gasteiger partial charge >= 0.3 is 5.97 Å². The number of carbonyl (C=O) groups is 2. The van der Waals surface area contributed by atoms with E-state index in [9.17, 15) is 9.59 Å². The molecule has 1 aromatic rings. The first-order valence-electron chi connectivity index (χ1n) is 6.02. The van der Waals surface area contributed by atoms with E-state index in [1.807, 2.05) is 6.92 Å². The Hall–Kier alpha value is -1.40. The Morgan fingerprint density at radius 1 is 1.47 bits per heavy atom. The van der Waals surface area contributed by atoms with Crippen LogP contribution in [0.15, 0.2) is 22.7 Å². The molecule has 5 nitrogen and oxygen atoms in total. The Labute approximate surface area is 120 Å². The van der Waals surface area contributed by atoms with Gasteiger partial charge in [0.05, 0.1) is 11.3 Å². The lowest BCUT2D eigenvalue weighted by molar-refractivity contribution is -0.116. The van der Waals surface area contributed by atoms with E-state index in [0.717, 1.165) is 12.8 Å². The number of rotatable bonds is 6. The number of aromatic carboxylic acids is 1. The average molecular weight is 329 g/mol. The van der Waals surface area contributed by atoms with Crippen LogP contribution in [0.1, 0.15) is 36.5 Å². The van der Waals surface area contributed by atoms with Crippen LogP contribution in [0.4, 0.5) is 5.69 Å². The third-order valence-corrected chi connectivity index (χ3v) is 3.25. The molecule has 1 atom stereocenters. The Kier molecular flexibility index (Phi) is 5.98. The van der Waals surface area contributed by atoms with Crippen molar-refractivity contribution in [3.63, 3.8) is 0 Å². The quantitative estimate of drug-likeness (QED) is 0.748. The smallest absolute Gasteiger partial charge is 0.335 e. The van der Waals surface area contributed by atoms with Crippen molar-refractivity contribution in [1.29, 1.82) is 0 Å². The molecule has 0 radical (unpaired) electrons. The summed E-state index contributed by atoms with van der Waals surface area (Å²) in [4.78, 5) is 22.5. The molecule has 104 valence electrons. The minimum absolute atomic E-state index is 0.151. The monoisotopic (exact) mass is 328 g/mol. The van der Waals surface area contributed by atoms with Gasteiger partial charge in [0.15, 0.2) is 0 Å². The van der Waals surface area contributed by atoms with E-state index in [4.69, 9.17) is 10.8 Å². The van der Waals surface area contributed by atoms with Gasteiger partial charge in [0, 0.05) is 16.9 Å². The van der Waals surface area contributed by atoms with Crippen LogP contribution in [0.2, 0.25) is 0 Å². The zero-order chi connectivity index (χ0) is 14.4. The third kappa shape index (κ3) is 5.00. The summed E-state index contributed by atoms with van der Waals surface area (Å²) in [6.45, 7) is 2.01. The number of amides is 1. The van der Waals surface area contributed by atoms with E-state index in [1.165, 1.54) is 12.1 Å². The summed E-state index contributed by atoms with van der Waals surface area (Å²) in [6.07, 6.45) is 1.99. The van der Waals surface area contributed by atoms with Crippen molar-refractivity contribution in [2.24, 2.45) is 5.73 Å². The molecule has 0 aliphatic rings. The second kappa shape index (κ2) is 7.25. The summed E-state index contributed by atoms with van der Waals surface area (Å²) in [6, 6.07) is 4.29. The topological polar surface area (TPSA) is 92.4 Å². The van der Waals surface area contributed by atoms with Crippen molar-refractivity contribution in [2.75, 3.05) is 5.32 Å². The molecule has 0 bridgehead atoms. The number of nitrogens with one attached hydrogen (secondary N) is 1. The lowest BCUT2D eigenvalue weighted by atomic mass is 10.1. The Bertz CT molecular complexity index is 477. The van der Waals surface area contributed by atoms with Gasteiger partial charge in [0.1, 0.15) is 0 Å². The van der Waals surface area contributed by atoms with Gasteiger partial charge in [-0.05, 0) is 40.5 Å². The maximum Gasteiger partial charge on any atom is 0.335 e. The van der Waals surface area contributed by atoms with E-state index in [-0.39, 0.29) is 23.9 Å². The van der Waals surface area contributed by atoms with Crippen LogP contribution in [0.5, 0.6) is 0 Å². The van der Waals surface area contributed by atoms with Gasteiger partial charge in [0.25, 0.3) is 0 Å². The number of nitrogens with two attached hydrogens (primary N) is 1. The zero-order valence-corrected chi connectivity index (χ0v) is 12.2. The van der Waals surface area contributed by atoms with E-state index in [1.54, 1.807) is 6.07 Å². The second-order valence-corrected chi connectivity index (χ2v) is 5.16. The number of carboxylic acid groups (broad SMARTS) is 1. The fourth-order valence-electron chi connectivity index (χ4n) is 1.66. The number of carbonyl (C=O) groups excluding carboxylic acids is 1. The van der Waals surface area contributed by atoms with Gasteiger partial charge in [-0.25, -0.2) is 4.79 Å². The summed E-state index contributed by atoms with van der Waals surface area (Å²) < 4.78 is 0.532. The molecule has 0 aromatic heterocycles. The molecule has 0 spiro atoms. The maximum atomic E-state index is 11.7. The van der Waals surface area contributed by atoms with Crippen molar-refractivity contribution >= 4 is 33.5 Å². The molecular formula is C13H17BrN2O3. The molecule has 0 aliphatic carbocycles. The van der Waals surface area contributed by atoms with Crippen molar-refractivity contribution in [1.82, 2.24) is 0 Å². The highest BCUT2D eigenvalue weighted by Gasteiger charge is 2.12. The first-order valence-corrected chi connectivity index (χ1v) is 6.81.